The van der Waals surface area contributed by atoms with Crippen molar-refractivity contribution < 1.29 is 0 Å². The number of benzene rings is 10. The molecule has 0 amide bonds. The lowest BCUT2D eigenvalue weighted by Gasteiger charge is -2.29. The predicted octanol–water partition coefficient (Wildman–Crippen LogP) is 16.5. The second-order valence-electron chi connectivity index (χ2n) is 17.8. The number of hydrogen-bond acceptors (Lipinski definition) is 1. The zero-order valence-electron chi connectivity index (χ0n) is 35.7. The Kier molecular flexibility index (Phi) is 7.95. The number of anilines is 3. The SMILES string of the molecule is CC1(C)c2ccccc2-c2ccc(N(c3ccc(-c4ccc5c(c4)c4ccccc4n5-c4ccc5c(c4)c4ccccc4n5-c4ccccc4)cc3)c3cccc4ccccc34)cc21. The molecule has 2 aromatic heterocycles. The van der Waals surface area contributed by atoms with Gasteiger partial charge in [-0.1, -0.05) is 153 Å². The molecule has 3 nitrogen and oxygen atoms in total. The number of aromatic nitrogens is 2. The zero-order chi connectivity index (χ0) is 42.5. The molecule has 64 heavy (non-hydrogen) atoms. The van der Waals surface area contributed by atoms with Gasteiger partial charge in [-0.3, -0.25) is 0 Å². The van der Waals surface area contributed by atoms with Crippen molar-refractivity contribution in [3.63, 3.8) is 0 Å². The Morgan fingerprint density at radius 3 is 1.69 bits per heavy atom. The van der Waals surface area contributed by atoms with E-state index in [1.165, 1.54) is 93.5 Å². The highest BCUT2D eigenvalue weighted by Gasteiger charge is 2.36. The fourth-order valence-corrected chi connectivity index (χ4v) is 10.9. The van der Waals surface area contributed by atoms with Gasteiger partial charge < -0.3 is 14.0 Å². The summed E-state index contributed by atoms with van der Waals surface area (Å²) in [7, 11) is 0. The summed E-state index contributed by atoms with van der Waals surface area (Å²) in [5, 5.41) is 7.42. The van der Waals surface area contributed by atoms with Gasteiger partial charge in [-0.15, -0.1) is 0 Å². The number of para-hydroxylation sites is 3. The summed E-state index contributed by atoms with van der Waals surface area (Å²) in [4.78, 5) is 2.44. The van der Waals surface area contributed by atoms with E-state index in [4.69, 9.17) is 0 Å². The van der Waals surface area contributed by atoms with Gasteiger partial charge >= 0.3 is 0 Å². The lowest BCUT2D eigenvalue weighted by atomic mass is 9.82. The molecule has 0 radical (unpaired) electrons. The van der Waals surface area contributed by atoms with Crippen LogP contribution in [-0.4, -0.2) is 9.13 Å². The summed E-state index contributed by atoms with van der Waals surface area (Å²) in [6, 6.07) is 82.6. The van der Waals surface area contributed by atoms with Crippen molar-refractivity contribution in [3.8, 4) is 33.6 Å². The van der Waals surface area contributed by atoms with Crippen LogP contribution in [0.15, 0.2) is 224 Å². The summed E-state index contributed by atoms with van der Waals surface area (Å²) < 4.78 is 4.81. The van der Waals surface area contributed by atoms with Gasteiger partial charge in [-0.25, -0.2) is 0 Å². The molecule has 0 atom stereocenters. The van der Waals surface area contributed by atoms with Crippen molar-refractivity contribution in [1.82, 2.24) is 9.13 Å². The third kappa shape index (κ3) is 5.41. The first-order chi connectivity index (χ1) is 31.5. The number of hydrogen-bond donors (Lipinski definition) is 0. The molecule has 1 aliphatic carbocycles. The Labute approximate surface area is 372 Å². The van der Waals surface area contributed by atoms with E-state index in [1.807, 2.05) is 0 Å². The highest BCUT2D eigenvalue weighted by atomic mass is 15.1. The Hall–Kier alpha value is -8.14. The average molecular weight is 818 g/mol. The minimum absolute atomic E-state index is 0.104. The second-order valence-corrected chi connectivity index (χ2v) is 17.8. The first-order valence-electron chi connectivity index (χ1n) is 22.3. The summed E-state index contributed by atoms with van der Waals surface area (Å²) in [6.07, 6.45) is 0. The highest BCUT2D eigenvalue weighted by Crippen LogP contribution is 2.51. The molecule has 1 aliphatic rings. The summed E-state index contributed by atoms with van der Waals surface area (Å²) in [5.41, 5.74) is 18.2. The van der Waals surface area contributed by atoms with Gasteiger partial charge in [0.1, 0.15) is 0 Å². The van der Waals surface area contributed by atoms with Crippen molar-refractivity contribution in [2.75, 3.05) is 4.90 Å². The van der Waals surface area contributed by atoms with E-state index in [0.717, 1.165) is 22.7 Å². The van der Waals surface area contributed by atoms with Crippen LogP contribution in [0.25, 0.3) is 88.0 Å². The van der Waals surface area contributed by atoms with Crippen LogP contribution >= 0.6 is 0 Å². The van der Waals surface area contributed by atoms with E-state index in [0.29, 0.717) is 0 Å². The minimum Gasteiger partial charge on any atom is -0.310 e. The Morgan fingerprint density at radius 1 is 0.344 bits per heavy atom. The first kappa shape index (κ1) is 36.5. The highest BCUT2D eigenvalue weighted by molar-refractivity contribution is 6.13. The first-order valence-corrected chi connectivity index (χ1v) is 22.3. The van der Waals surface area contributed by atoms with E-state index in [9.17, 15) is 0 Å². The maximum absolute atomic E-state index is 2.44. The molecule has 0 fully saturated rings. The van der Waals surface area contributed by atoms with Crippen LogP contribution in [0.5, 0.6) is 0 Å². The summed E-state index contributed by atoms with van der Waals surface area (Å²) >= 11 is 0. The van der Waals surface area contributed by atoms with E-state index in [-0.39, 0.29) is 5.41 Å². The largest absolute Gasteiger partial charge is 0.310 e. The zero-order valence-corrected chi connectivity index (χ0v) is 35.7. The van der Waals surface area contributed by atoms with Crippen LogP contribution in [0.4, 0.5) is 17.1 Å². The Bertz CT molecular complexity index is 3810. The third-order valence-electron chi connectivity index (χ3n) is 13.9. The topological polar surface area (TPSA) is 13.1 Å². The molecule has 0 aliphatic heterocycles. The lowest BCUT2D eigenvalue weighted by molar-refractivity contribution is 0.660. The molecule has 0 saturated heterocycles. The molecule has 0 bridgehead atoms. The van der Waals surface area contributed by atoms with E-state index >= 15 is 0 Å². The maximum Gasteiger partial charge on any atom is 0.0542 e. The number of fused-ring (bicyclic) bond motifs is 10. The van der Waals surface area contributed by atoms with Crippen LogP contribution in [-0.2, 0) is 5.41 Å². The van der Waals surface area contributed by atoms with Gasteiger partial charge in [0.15, 0.2) is 0 Å². The molecular formula is C61H43N3. The molecule has 10 aromatic carbocycles. The predicted molar refractivity (Wildman–Crippen MR) is 270 cm³/mol. The maximum atomic E-state index is 2.44. The van der Waals surface area contributed by atoms with E-state index < -0.39 is 0 Å². The van der Waals surface area contributed by atoms with Gasteiger partial charge in [0.25, 0.3) is 0 Å². The fourth-order valence-electron chi connectivity index (χ4n) is 10.9. The molecule has 0 spiro atoms. The minimum atomic E-state index is -0.104. The molecule has 302 valence electrons. The van der Waals surface area contributed by atoms with Gasteiger partial charge in [-0.05, 0) is 124 Å². The molecular weight excluding hydrogens is 775 g/mol. The van der Waals surface area contributed by atoms with Crippen molar-refractivity contribution in [1.29, 1.82) is 0 Å². The molecule has 0 N–H and O–H groups in total. The number of rotatable bonds is 6. The second kappa shape index (κ2) is 13.9. The van der Waals surface area contributed by atoms with Crippen molar-refractivity contribution in [2.24, 2.45) is 0 Å². The van der Waals surface area contributed by atoms with E-state index in [1.54, 1.807) is 0 Å². The molecule has 13 rings (SSSR count). The molecule has 12 aromatic rings. The Balaban J connectivity index is 0.923. The quantitative estimate of drug-likeness (QED) is 0.163. The van der Waals surface area contributed by atoms with Crippen LogP contribution in [0.1, 0.15) is 25.0 Å². The smallest absolute Gasteiger partial charge is 0.0542 e. The van der Waals surface area contributed by atoms with Gasteiger partial charge in [-0.2, -0.15) is 0 Å². The molecule has 0 unspecified atom stereocenters. The summed E-state index contributed by atoms with van der Waals surface area (Å²) in [5.74, 6) is 0. The van der Waals surface area contributed by atoms with Gasteiger partial charge in [0, 0.05) is 55.1 Å². The fraction of sp³-hybridized carbons (Fsp3) is 0.0492. The Morgan fingerprint density at radius 2 is 0.906 bits per heavy atom. The lowest BCUT2D eigenvalue weighted by Crippen LogP contribution is -2.16. The van der Waals surface area contributed by atoms with Crippen LogP contribution in [0.3, 0.4) is 0 Å². The summed E-state index contributed by atoms with van der Waals surface area (Å²) in [6.45, 7) is 4.72. The van der Waals surface area contributed by atoms with Crippen LogP contribution < -0.4 is 4.90 Å². The normalized spacial score (nSPS) is 13.0. The monoisotopic (exact) mass is 817 g/mol. The van der Waals surface area contributed by atoms with Gasteiger partial charge in [0.2, 0.25) is 0 Å². The van der Waals surface area contributed by atoms with Crippen molar-refractivity contribution in [2.45, 2.75) is 19.3 Å². The number of nitrogens with zero attached hydrogens (tertiary/aromatic N) is 3. The van der Waals surface area contributed by atoms with Crippen molar-refractivity contribution in [3.05, 3.63) is 236 Å². The van der Waals surface area contributed by atoms with E-state index in [2.05, 4.69) is 252 Å². The van der Waals surface area contributed by atoms with Crippen LogP contribution in [0, 0.1) is 0 Å². The van der Waals surface area contributed by atoms with Crippen LogP contribution in [0.2, 0.25) is 0 Å². The average Bonchev–Trinajstić information content (AvgIpc) is 3.94. The molecule has 0 saturated carbocycles. The standard InChI is InChI=1S/C61H43N3/c1-61(2)54-23-11-8-20-48(54)49-34-32-46(39-55(49)61)62(56-26-14-16-41-15-6-7-19-47(41)56)44-30-27-40(28-31-44)42-29-35-59-52(37-42)50-21-9-13-25-58(50)64(59)45-33-36-60-53(38-45)51-22-10-12-24-57(51)63(60)43-17-4-3-5-18-43/h3-39H,1-2H3. The molecule has 3 heteroatoms. The third-order valence-corrected chi connectivity index (χ3v) is 13.9. The molecule has 2 heterocycles. The van der Waals surface area contributed by atoms with Gasteiger partial charge in [0.05, 0.1) is 27.8 Å². The van der Waals surface area contributed by atoms with Crippen molar-refractivity contribution >= 4 is 71.4 Å².